The van der Waals surface area contributed by atoms with E-state index in [1.807, 2.05) is 0 Å². The number of carbonyl (C=O) groups is 1. The Kier molecular flexibility index (Phi) is 5.17. The lowest BCUT2D eigenvalue weighted by Gasteiger charge is -2.39. The van der Waals surface area contributed by atoms with Crippen LogP contribution in [0.2, 0.25) is 0 Å². The average Bonchev–Trinajstić information content (AvgIpc) is 2.27. The van der Waals surface area contributed by atoms with Crippen molar-refractivity contribution in [1.29, 1.82) is 0 Å². The second-order valence-electron chi connectivity index (χ2n) is 6.37. The molecule has 0 aromatic carbocycles. The van der Waals surface area contributed by atoms with Crippen LogP contribution in [0.15, 0.2) is 0 Å². The van der Waals surface area contributed by atoms with Crippen LogP contribution in [-0.4, -0.2) is 40.6 Å². The highest BCUT2D eigenvalue weighted by molar-refractivity contribution is 5.77. The van der Waals surface area contributed by atoms with Crippen molar-refractivity contribution in [2.45, 2.75) is 70.5 Å². The number of nitrogens with two attached hydrogens (primary N) is 1. The Morgan fingerprint density at radius 2 is 2.17 bits per heavy atom. The molecule has 0 radical (unpaired) electrons. The lowest BCUT2D eigenvalue weighted by Crippen LogP contribution is -2.51. The van der Waals surface area contributed by atoms with Crippen LogP contribution in [0.4, 0.5) is 0 Å². The monoisotopic (exact) mass is 256 g/mol. The smallest absolute Gasteiger partial charge is 0.323 e. The van der Waals surface area contributed by atoms with Crippen LogP contribution in [-0.2, 0) is 4.79 Å². The lowest BCUT2D eigenvalue weighted by atomic mass is 9.85. The van der Waals surface area contributed by atoms with E-state index in [1.54, 1.807) is 6.92 Å². The topological polar surface area (TPSA) is 66.6 Å². The van der Waals surface area contributed by atoms with Gasteiger partial charge in [0.15, 0.2) is 0 Å². The van der Waals surface area contributed by atoms with E-state index in [-0.39, 0.29) is 6.04 Å². The molecule has 1 aliphatic rings. The third-order valence-electron chi connectivity index (χ3n) is 4.39. The SMILES string of the molecule is CC1CCCC(N(C)C(C)CC(C)(N)C(=O)O)C1. The summed E-state index contributed by atoms with van der Waals surface area (Å²) in [7, 11) is 2.10. The molecule has 4 heteroatoms. The predicted octanol–water partition coefficient (Wildman–Crippen LogP) is 2.08. The van der Waals surface area contributed by atoms with Gasteiger partial charge in [0.05, 0.1) is 0 Å². The van der Waals surface area contributed by atoms with Gasteiger partial charge in [0.2, 0.25) is 0 Å². The minimum atomic E-state index is -1.13. The first-order valence-electron chi connectivity index (χ1n) is 6.98. The Balaban J connectivity index is 2.55. The summed E-state index contributed by atoms with van der Waals surface area (Å²) in [6.07, 6.45) is 5.53. The molecule has 4 nitrogen and oxygen atoms in total. The molecule has 1 aliphatic carbocycles. The van der Waals surface area contributed by atoms with Gasteiger partial charge in [-0.05, 0) is 46.1 Å². The zero-order valence-electron chi connectivity index (χ0n) is 12.1. The van der Waals surface area contributed by atoms with E-state index < -0.39 is 11.5 Å². The van der Waals surface area contributed by atoms with Gasteiger partial charge in [-0.2, -0.15) is 0 Å². The van der Waals surface area contributed by atoms with Crippen molar-refractivity contribution < 1.29 is 9.90 Å². The van der Waals surface area contributed by atoms with Crippen LogP contribution in [0, 0.1) is 5.92 Å². The quantitative estimate of drug-likeness (QED) is 0.790. The van der Waals surface area contributed by atoms with E-state index in [4.69, 9.17) is 10.8 Å². The molecule has 0 bridgehead atoms. The Labute approximate surface area is 111 Å². The van der Waals surface area contributed by atoms with Crippen LogP contribution in [0.3, 0.4) is 0 Å². The molecule has 1 fully saturated rings. The van der Waals surface area contributed by atoms with Crippen molar-refractivity contribution >= 4 is 5.97 Å². The van der Waals surface area contributed by atoms with Gasteiger partial charge in [0, 0.05) is 12.1 Å². The van der Waals surface area contributed by atoms with Crippen molar-refractivity contribution in [3.63, 3.8) is 0 Å². The van der Waals surface area contributed by atoms with E-state index in [1.165, 1.54) is 25.7 Å². The summed E-state index contributed by atoms with van der Waals surface area (Å²) in [5, 5.41) is 9.08. The molecule has 0 saturated heterocycles. The van der Waals surface area contributed by atoms with Crippen molar-refractivity contribution in [2.75, 3.05) is 7.05 Å². The highest BCUT2D eigenvalue weighted by Gasteiger charge is 2.33. The Morgan fingerprint density at radius 1 is 1.56 bits per heavy atom. The molecule has 3 N–H and O–H groups in total. The fourth-order valence-electron chi connectivity index (χ4n) is 2.98. The standard InChI is InChI=1S/C14H28N2O2/c1-10-6-5-7-12(8-10)16(4)11(2)9-14(3,15)13(17)18/h10-12H,5-9,15H2,1-4H3,(H,17,18). The molecule has 0 aromatic rings. The third-order valence-corrected chi connectivity index (χ3v) is 4.39. The fraction of sp³-hybridized carbons (Fsp3) is 0.929. The molecule has 4 unspecified atom stereocenters. The van der Waals surface area contributed by atoms with Crippen molar-refractivity contribution in [3.8, 4) is 0 Å². The van der Waals surface area contributed by atoms with E-state index in [0.717, 1.165) is 5.92 Å². The molecule has 0 heterocycles. The van der Waals surface area contributed by atoms with Gasteiger partial charge in [0.25, 0.3) is 0 Å². The molecule has 0 aromatic heterocycles. The van der Waals surface area contributed by atoms with E-state index in [2.05, 4.69) is 25.8 Å². The molecule has 0 spiro atoms. The van der Waals surface area contributed by atoms with Gasteiger partial charge in [0.1, 0.15) is 5.54 Å². The highest BCUT2D eigenvalue weighted by atomic mass is 16.4. The zero-order chi connectivity index (χ0) is 13.9. The normalized spacial score (nSPS) is 29.9. The fourth-order valence-corrected chi connectivity index (χ4v) is 2.98. The highest BCUT2D eigenvalue weighted by Crippen LogP contribution is 2.28. The number of nitrogens with zero attached hydrogens (tertiary/aromatic N) is 1. The Hall–Kier alpha value is -0.610. The molecule has 0 amide bonds. The molecule has 0 aliphatic heterocycles. The van der Waals surface area contributed by atoms with E-state index in [0.29, 0.717) is 12.5 Å². The third kappa shape index (κ3) is 3.95. The minimum absolute atomic E-state index is 0.200. The van der Waals surface area contributed by atoms with Crippen LogP contribution < -0.4 is 5.73 Å². The number of carboxylic acid groups (broad SMARTS) is 1. The Morgan fingerprint density at radius 3 is 2.67 bits per heavy atom. The summed E-state index contributed by atoms with van der Waals surface area (Å²) in [5.74, 6) is -0.137. The second-order valence-corrected chi connectivity index (χ2v) is 6.37. The largest absolute Gasteiger partial charge is 0.480 e. The van der Waals surface area contributed by atoms with Gasteiger partial charge in [-0.1, -0.05) is 19.8 Å². The first kappa shape index (κ1) is 15.4. The molecule has 18 heavy (non-hydrogen) atoms. The molecular weight excluding hydrogens is 228 g/mol. The maximum absolute atomic E-state index is 11.1. The van der Waals surface area contributed by atoms with E-state index >= 15 is 0 Å². The molecule has 1 saturated carbocycles. The Bertz CT molecular complexity index is 292. The zero-order valence-corrected chi connectivity index (χ0v) is 12.1. The summed E-state index contributed by atoms with van der Waals surface area (Å²) >= 11 is 0. The summed E-state index contributed by atoms with van der Waals surface area (Å²) in [5.41, 5.74) is 4.70. The number of carboxylic acids is 1. The molecule has 1 rings (SSSR count). The summed E-state index contributed by atoms with van der Waals surface area (Å²) in [6.45, 7) is 5.98. The van der Waals surface area contributed by atoms with Crippen molar-refractivity contribution in [3.05, 3.63) is 0 Å². The lowest BCUT2D eigenvalue weighted by molar-refractivity contribution is -0.143. The van der Waals surface area contributed by atoms with Gasteiger partial charge in [-0.25, -0.2) is 0 Å². The van der Waals surface area contributed by atoms with Crippen LogP contribution >= 0.6 is 0 Å². The number of aliphatic carboxylic acids is 1. The van der Waals surface area contributed by atoms with Gasteiger partial charge >= 0.3 is 5.97 Å². The maximum Gasteiger partial charge on any atom is 0.323 e. The first-order valence-corrected chi connectivity index (χ1v) is 6.98. The molecule has 4 atom stereocenters. The van der Waals surface area contributed by atoms with Gasteiger partial charge in [-0.3, -0.25) is 4.79 Å². The number of rotatable bonds is 5. The van der Waals surface area contributed by atoms with Crippen LogP contribution in [0.1, 0.15) is 52.9 Å². The molecule has 106 valence electrons. The van der Waals surface area contributed by atoms with E-state index in [9.17, 15) is 4.79 Å². The predicted molar refractivity (Wildman–Crippen MR) is 73.5 cm³/mol. The summed E-state index contributed by atoms with van der Waals surface area (Å²) in [6, 6.07) is 0.778. The van der Waals surface area contributed by atoms with Gasteiger partial charge < -0.3 is 15.7 Å². The summed E-state index contributed by atoms with van der Waals surface area (Å²) < 4.78 is 0. The van der Waals surface area contributed by atoms with Crippen LogP contribution in [0.5, 0.6) is 0 Å². The second kappa shape index (κ2) is 6.02. The van der Waals surface area contributed by atoms with Crippen LogP contribution in [0.25, 0.3) is 0 Å². The number of hydrogen-bond donors (Lipinski definition) is 2. The van der Waals surface area contributed by atoms with Crippen molar-refractivity contribution in [1.82, 2.24) is 4.90 Å². The minimum Gasteiger partial charge on any atom is -0.480 e. The molecular formula is C14H28N2O2. The van der Waals surface area contributed by atoms with Crippen molar-refractivity contribution in [2.24, 2.45) is 11.7 Å². The maximum atomic E-state index is 11.1. The number of hydrogen-bond acceptors (Lipinski definition) is 3. The first-order chi connectivity index (χ1) is 8.24. The average molecular weight is 256 g/mol. The summed E-state index contributed by atoms with van der Waals surface area (Å²) in [4.78, 5) is 13.4. The van der Waals surface area contributed by atoms with Gasteiger partial charge in [-0.15, -0.1) is 0 Å².